The molecular weight excluding hydrogens is 831 g/mol. The Balaban J connectivity index is 1.61. The Kier molecular flexibility index (Phi) is 27.4. The maximum Gasteiger partial charge on any atom is 0.326 e. The van der Waals surface area contributed by atoms with Gasteiger partial charge in [0.15, 0.2) is 0 Å². The van der Waals surface area contributed by atoms with Gasteiger partial charge in [0.25, 0.3) is 0 Å². The average Bonchev–Trinajstić information content (AvgIpc) is 3.24. The maximum atomic E-state index is 13.5. The first-order valence-electron chi connectivity index (χ1n) is 24.3. The van der Waals surface area contributed by atoms with Crippen molar-refractivity contribution in [1.29, 1.82) is 0 Å². The number of carboxylic acids is 1. The van der Waals surface area contributed by atoms with Crippen molar-refractivity contribution in [2.75, 3.05) is 0 Å². The van der Waals surface area contributed by atoms with Crippen LogP contribution in [0.5, 0.6) is 0 Å². The van der Waals surface area contributed by atoms with Gasteiger partial charge in [0.05, 0.1) is 6.42 Å². The Morgan fingerprint density at radius 1 is 0.585 bits per heavy atom. The van der Waals surface area contributed by atoms with Gasteiger partial charge in [-0.15, -0.1) is 0 Å². The molecule has 366 valence electrons. The Morgan fingerprint density at radius 3 is 1.54 bits per heavy atom. The zero-order valence-electron chi connectivity index (χ0n) is 39.6. The highest BCUT2D eigenvalue weighted by atomic mass is 16.4. The van der Waals surface area contributed by atoms with Crippen molar-refractivity contribution in [2.24, 2.45) is 29.2 Å². The first-order chi connectivity index (χ1) is 31.0. The Morgan fingerprint density at radius 2 is 1.06 bits per heavy atom. The molecule has 0 radical (unpaired) electrons. The maximum absolute atomic E-state index is 13.5. The lowest BCUT2D eigenvalue weighted by Gasteiger charge is -2.27. The monoisotopic (exact) mass is 912 g/mol. The predicted molar refractivity (Wildman–Crippen MR) is 251 cm³/mol. The van der Waals surface area contributed by atoms with E-state index in [2.05, 4.69) is 26.6 Å². The van der Waals surface area contributed by atoms with Gasteiger partial charge in [-0.05, 0) is 49.0 Å². The molecule has 0 saturated heterocycles. The van der Waals surface area contributed by atoms with Gasteiger partial charge in [-0.25, -0.2) is 4.79 Å². The van der Waals surface area contributed by atoms with Crippen molar-refractivity contribution >= 4 is 47.3 Å². The van der Waals surface area contributed by atoms with Crippen LogP contribution in [-0.2, 0) is 44.8 Å². The lowest BCUT2D eigenvalue weighted by atomic mass is 9.85. The van der Waals surface area contributed by atoms with Crippen molar-refractivity contribution in [3.63, 3.8) is 0 Å². The van der Waals surface area contributed by atoms with Crippen LogP contribution in [0.25, 0.3) is 0 Å². The molecule has 1 aromatic rings. The number of hydrogen-bond donors (Lipinski definition) is 8. The number of primary amides is 2. The van der Waals surface area contributed by atoms with Crippen LogP contribution in [0, 0.1) is 17.8 Å². The summed E-state index contributed by atoms with van der Waals surface area (Å²) in [6.07, 6.45) is 17.6. The molecule has 2 rings (SSSR count). The van der Waals surface area contributed by atoms with Crippen LogP contribution in [0.2, 0.25) is 0 Å². The van der Waals surface area contributed by atoms with E-state index in [-0.39, 0.29) is 42.4 Å². The molecule has 0 spiro atoms. The number of unbranched alkanes of at least 4 members (excludes halogenated alkanes) is 11. The number of amides is 7. The lowest BCUT2D eigenvalue weighted by Crippen LogP contribution is -2.58. The van der Waals surface area contributed by atoms with Gasteiger partial charge in [0.1, 0.15) is 30.2 Å². The summed E-state index contributed by atoms with van der Waals surface area (Å²) in [5, 5.41) is 23.2. The quantitative estimate of drug-likeness (QED) is 0.0420. The van der Waals surface area contributed by atoms with Gasteiger partial charge in [0, 0.05) is 19.3 Å². The van der Waals surface area contributed by atoms with Crippen LogP contribution < -0.4 is 38.1 Å². The van der Waals surface area contributed by atoms with Crippen LogP contribution in [0.3, 0.4) is 0 Å². The second-order valence-corrected chi connectivity index (χ2v) is 18.8. The Hall–Kier alpha value is -5.02. The summed E-state index contributed by atoms with van der Waals surface area (Å²) in [7, 11) is 0. The first-order valence-corrected chi connectivity index (χ1v) is 24.3. The summed E-state index contributed by atoms with van der Waals surface area (Å²) in [5.74, 6) is -4.78. The first kappa shape index (κ1) is 56.1. The molecule has 16 heteroatoms. The molecule has 1 aliphatic carbocycles. The molecule has 0 bridgehead atoms. The van der Waals surface area contributed by atoms with E-state index in [1.165, 1.54) is 0 Å². The summed E-state index contributed by atoms with van der Waals surface area (Å²) >= 11 is 0. The molecule has 5 atom stereocenters. The van der Waals surface area contributed by atoms with E-state index in [1.54, 1.807) is 0 Å². The highest BCUT2D eigenvalue weighted by molar-refractivity contribution is 5.95. The minimum atomic E-state index is -1.22. The highest BCUT2D eigenvalue weighted by Gasteiger charge is 2.32. The average molecular weight is 912 g/mol. The fraction of sp³-hybridized carbons (Fsp3) is 0.714. The van der Waals surface area contributed by atoms with Crippen molar-refractivity contribution < 1.29 is 43.5 Å². The molecule has 0 unspecified atom stereocenters. The summed E-state index contributed by atoms with van der Waals surface area (Å²) < 4.78 is 0. The molecule has 1 fully saturated rings. The second-order valence-electron chi connectivity index (χ2n) is 18.8. The molecule has 1 saturated carbocycles. The van der Waals surface area contributed by atoms with Crippen LogP contribution in [0.4, 0.5) is 0 Å². The minimum absolute atomic E-state index is 0.0610. The molecule has 1 aromatic carbocycles. The normalized spacial score (nSPS) is 15.2. The molecular formula is C49H81N7O9. The van der Waals surface area contributed by atoms with Gasteiger partial charge < -0.3 is 43.2 Å². The third-order valence-corrected chi connectivity index (χ3v) is 12.1. The molecule has 10 N–H and O–H groups in total. The molecule has 0 heterocycles. The third-order valence-electron chi connectivity index (χ3n) is 12.1. The number of nitrogens with one attached hydrogen (secondary N) is 5. The number of benzene rings is 1. The number of hydrogen-bond acceptors (Lipinski definition) is 8. The summed E-state index contributed by atoms with van der Waals surface area (Å²) in [5.41, 5.74) is 11.8. The number of rotatable bonds is 34. The predicted octanol–water partition coefficient (Wildman–Crippen LogP) is 5.23. The largest absolute Gasteiger partial charge is 0.480 e. The van der Waals surface area contributed by atoms with Gasteiger partial charge in [0.2, 0.25) is 41.4 Å². The van der Waals surface area contributed by atoms with Crippen LogP contribution in [-0.4, -0.2) is 82.6 Å². The third kappa shape index (κ3) is 24.7. The highest BCUT2D eigenvalue weighted by Crippen LogP contribution is 2.27. The Labute approximate surface area is 387 Å². The molecule has 16 nitrogen and oxygen atoms in total. The summed E-state index contributed by atoms with van der Waals surface area (Å²) in [6.45, 7) is 7.54. The van der Waals surface area contributed by atoms with Gasteiger partial charge in [-0.1, -0.05) is 154 Å². The van der Waals surface area contributed by atoms with Crippen molar-refractivity contribution in [3.05, 3.63) is 35.9 Å². The van der Waals surface area contributed by atoms with E-state index >= 15 is 0 Å². The summed E-state index contributed by atoms with van der Waals surface area (Å²) in [4.78, 5) is 101. The number of carbonyl (C=O) groups excluding carboxylic acids is 7. The molecule has 1 aliphatic rings. The van der Waals surface area contributed by atoms with E-state index < -0.39 is 72.1 Å². The van der Waals surface area contributed by atoms with Crippen molar-refractivity contribution in [1.82, 2.24) is 26.6 Å². The van der Waals surface area contributed by atoms with Crippen molar-refractivity contribution in [3.8, 4) is 0 Å². The van der Waals surface area contributed by atoms with E-state index in [0.29, 0.717) is 32.1 Å². The standard InChI is InChI=1S/C49H81N7O9/c1-33(2)29-38(46(61)53-37(45(51)60)30-35-23-17-15-18-24-35)54-48(63)44(34(3)4)56-43(59)28-22-14-12-10-8-6-5-7-9-11-13-21-27-42(58)52-39(32-41(50)57)47(62)55-40(49(64)65)31-36-25-19-16-20-26-36/h15,17-18,23-24,33-34,36-40,44H,5-14,16,19-22,25-32H2,1-4H3,(H2,50,57)(H2,51,60)(H,52,58)(H,53,61)(H,54,63)(H,55,62)(H,56,59)(H,64,65)/t37-,38-,39-,40-,44-/m0/s1. The number of carboxylic acid groups (broad SMARTS) is 1. The summed E-state index contributed by atoms with van der Waals surface area (Å²) in [6, 6.07) is 4.22. The van der Waals surface area contributed by atoms with Gasteiger partial charge in [-0.2, -0.15) is 0 Å². The SMILES string of the molecule is CC(C)C[C@H](NC(=O)[C@@H](NC(=O)CCCCCCCCCCCCCCC(=O)N[C@@H](CC(N)=O)C(=O)N[C@@H](CC1CCCCC1)C(=O)O)C(C)C)C(=O)N[C@@H](Cc1ccccc1)C(N)=O. The molecule has 7 amide bonds. The number of carbonyl (C=O) groups is 8. The molecule has 0 aliphatic heterocycles. The van der Waals surface area contributed by atoms with Gasteiger partial charge in [-0.3, -0.25) is 33.6 Å². The Bertz CT molecular complexity index is 1630. The molecule has 65 heavy (non-hydrogen) atoms. The smallest absolute Gasteiger partial charge is 0.326 e. The van der Waals surface area contributed by atoms with E-state index in [9.17, 15) is 43.5 Å². The minimum Gasteiger partial charge on any atom is -0.480 e. The van der Waals surface area contributed by atoms with Crippen LogP contribution in [0.15, 0.2) is 30.3 Å². The molecule has 0 aromatic heterocycles. The fourth-order valence-electron chi connectivity index (χ4n) is 8.36. The lowest BCUT2D eigenvalue weighted by molar-refractivity contribution is -0.143. The second kappa shape index (κ2) is 31.8. The zero-order valence-corrected chi connectivity index (χ0v) is 39.6. The van der Waals surface area contributed by atoms with E-state index in [0.717, 1.165) is 102 Å². The van der Waals surface area contributed by atoms with Gasteiger partial charge >= 0.3 is 5.97 Å². The topological polar surface area (TPSA) is 269 Å². The number of aliphatic carboxylic acids is 1. The van der Waals surface area contributed by atoms with Crippen LogP contribution >= 0.6 is 0 Å². The zero-order chi connectivity index (χ0) is 48.1. The number of nitrogens with two attached hydrogens (primary N) is 2. The van der Waals surface area contributed by atoms with Crippen molar-refractivity contribution in [2.45, 2.75) is 206 Å². The fourth-order valence-corrected chi connectivity index (χ4v) is 8.36. The van der Waals surface area contributed by atoms with Crippen LogP contribution in [0.1, 0.15) is 175 Å². The van der Waals surface area contributed by atoms with E-state index in [4.69, 9.17) is 11.5 Å². The van der Waals surface area contributed by atoms with E-state index in [1.807, 2.05) is 58.0 Å².